The van der Waals surface area contributed by atoms with Crippen LogP contribution < -0.4 is 0 Å². The molecule has 1 fully saturated rings. The molecule has 1 heterocycles. The monoisotopic (exact) mass is 290 g/mol. The summed E-state index contributed by atoms with van der Waals surface area (Å²) in [5.74, 6) is 2.54. The van der Waals surface area contributed by atoms with E-state index in [-0.39, 0.29) is 0 Å². The highest BCUT2D eigenvalue weighted by Crippen LogP contribution is 2.37. The molecule has 0 saturated heterocycles. The van der Waals surface area contributed by atoms with Crippen molar-refractivity contribution < 1.29 is 0 Å². The van der Waals surface area contributed by atoms with Gasteiger partial charge in [-0.1, -0.05) is 31.9 Å². The Kier molecular flexibility index (Phi) is 4.02. The van der Waals surface area contributed by atoms with Crippen LogP contribution in [0.25, 0.3) is 11.0 Å². The van der Waals surface area contributed by atoms with Crippen LogP contribution in [0, 0.1) is 12.8 Å². The van der Waals surface area contributed by atoms with Crippen LogP contribution in [-0.2, 0) is 6.42 Å². The molecular formula is C17H23ClN2. The van der Waals surface area contributed by atoms with Gasteiger partial charge in [0.05, 0.1) is 11.0 Å². The predicted molar refractivity (Wildman–Crippen MR) is 85.6 cm³/mol. The number of hydrogen-bond donors (Lipinski definition) is 0. The van der Waals surface area contributed by atoms with Crippen LogP contribution in [0.3, 0.4) is 0 Å². The van der Waals surface area contributed by atoms with Gasteiger partial charge < -0.3 is 4.57 Å². The molecule has 2 aromatic rings. The second-order valence-corrected chi connectivity index (χ2v) is 6.49. The van der Waals surface area contributed by atoms with E-state index >= 15 is 0 Å². The molecule has 0 aliphatic heterocycles. The highest BCUT2D eigenvalue weighted by Gasteiger charge is 2.26. The lowest BCUT2D eigenvalue weighted by Gasteiger charge is -2.31. The number of benzene rings is 1. The van der Waals surface area contributed by atoms with E-state index in [0.717, 1.165) is 17.9 Å². The summed E-state index contributed by atoms with van der Waals surface area (Å²) in [5.41, 5.74) is 3.72. The van der Waals surface area contributed by atoms with Gasteiger partial charge in [0.1, 0.15) is 5.82 Å². The van der Waals surface area contributed by atoms with Gasteiger partial charge in [-0.05, 0) is 37.3 Å². The fourth-order valence-electron chi connectivity index (χ4n) is 3.62. The third kappa shape index (κ3) is 2.35. The zero-order valence-corrected chi connectivity index (χ0v) is 13.2. The molecule has 1 aliphatic carbocycles. The molecule has 0 spiro atoms. The van der Waals surface area contributed by atoms with Crippen LogP contribution in [0.4, 0.5) is 0 Å². The minimum Gasteiger partial charge on any atom is -0.325 e. The largest absolute Gasteiger partial charge is 0.325 e. The first-order valence-electron chi connectivity index (χ1n) is 7.74. The Hall–Kier alpha value is -1.02. The van der Waals surface area contributed by atoms with Crippen LogP contribution >= 0.6 is 11.6 Å². The first kappa shape index (κ1) is 13.9. The lowest BCUT2D eigenvalue weighted by atomic mass is 9.85. The average Bonchev–Trinajstić information content (AvgIpc) is 2.80. The molecule has 2 unspecified atom stereocenters. The number of para-hydroxylation sites is 1. The molecule has 1 aromatic carbocycles. The third-order valence-corrected chi connectivity index (χ3v) is 4.90. The Balaban J connectivity index is 2.15. The maximum absolute atomic E-state index is 6.00. The predicted octanol–water partition coefficient (Wildman–Crippen LogP) is 4.88. The van der Waals surface area contributed by atoms with Crippen molar-refractivity contribution in [2.24, 2.45) is 5.92 Å². The molecular weight excluding hydrogens is 268 g/mol. The molecule has 1 saturated carbocycles. The van der Waals surface area contributed by atoms with Crippen molar-refractivity contribution in [3.63, 3.8) is 0 Å². The van der Waals surface area contributed by atoms with Crippen molar-refractivity contribution in [1.29, 1.82) is 0 Å². The van der Waals surface area contributed by atoms with Gasteiger partial charge in [-0.25, -0.2) is 4.98 Å². The summed E-state index contributed by atoms with van der Waals surface area (Å²) in [7, 11) is 0. The van der Waals surface area contributed by atoms with Crippen LogP contribution in [0.1, 0.15) is 50.0 Å². The van der Waals surface area contributed by atoms with E-state index in [1.165, 1.54) is 42.6 Å². The lowest BCUT2D eigenvalue weighted by molar-refractivity contribution is 0.258. The van der Waals surface area contributed by atoms with E-state index in [2.05, 4.69) is 36.6 Å². The molecule has 1 aliphatic rings. The van der Waals surface area contributed by atoms with E-state index in [4.69, 9.17) is 16.6 Å². The fraction of sp³-hybridized carbons (Fsp3) is 0.588. The highest BCUT2D eigenvalue weighted by atomic mass is 35.5. The SMILES string of the molecule is Cc1cccc2c1nc(CCCl)n2C1CCCCC1C. The Morgan fingerprint density at radius 3 is 2.85 bits per heavy atom. The van der Waals surface area contributed by atoms with Gasteiger partial charge in [0.2, 0.25) is 0 Å². The summed E-state index contributed by atoms with van der Waals surface area (Å²) in [4.78, 5) is 4.89. The van der Waals surface area contributed by atoms with Gasteiger partial charge in [-0.15, -0.1) is 11.6 Å². The van der Waals surface area contributed by atoms with Crippen molar-refractivity contribution in [2.45, 2.75) is 52.0 Å². The van der Waals surface area contributed by atoms with Crippen molar-refractivity contribution in [2.75, 3.05) is 5.88 Å². The number of nitrogens with zero attached hydrogens (tertiary/aromatic N) is 2. The summed E-state index contributed by atoms with van der Waals surface area (Å²) < 4.78 is 2.49. The molecule has 108 valence electrons. The van der Waals surface area contributed by atoms with E-state index in [9.17, 15) is 0 Å². The number of rotatable bonds is 3. The number of hydrogen-bond acceptors (Lipinski definition) is 1. The van der Waals surface area contributed by atoms with Crippen LogP contribution in [0.5, 0.6) is 0 Å². The highest BCUT2D eigenvalue weighted by molar-refractivity contribution is 6.17. The fourth-order valence-corrected chi connectivity index (χ4v) is 3.79. The average molecular weight is 291 g/mol. The molecule has 0 bridgehead atoms. The number of fused-ring (bicyclic) bond motifs is 1. The summed E-state index contributed by atoms with van der Waals surface area (Å²) >= 11 is 6.00. The zero-order valence-electron chi connectivity index (χ0n) is 12.4. The summed E-state index contributed by atoms with van der Waals surface area (Å²) in [6.45, 7) is 4.53. The Labute approximate surface area is 126 Å². The third-order valence-electron chi connectivity index (χ3n) is 4.71. The topological polar surface area (TPSA) is 17.8 Å². The second kappa shape index (κ2) is 5.77. The summed E-state index contributed by atoms with van der Waals surface area (Å²) in [5, 5.41) is 0. The number of halogens is 1. The van der Waals surface area contributed by atoms with Gasteiger partial charge in [-0.3, -0.25) is 0 Å². The Bertz CT molecular complexity index is 602. The maximum Gasteiger partial charge on any atom is 0.111 e. The normalized spacial score (nSPS) is 23.4. The van der Waals surface area contributed by atoms with Gasteiger partial charge in [0.15, 0.2) is 0 Å². The number of aryl methyl sites for hydroxylation is 2. The smallest absolute Gasteiger partial charge is 0.111 e. The minimum atomic E-state index is 0.591. The quantitative estimate of drug-likeness (QED) is 0.737. The minimum absolute atomic E-state index is 0.591. The Morgan fingerprint density at radius 1 is 1.30 bits per heavy atom. The van der Waals surface area contributed by atoms with Crippen molar-refractivity contribution >= 4 is 22.6 Å². The molecule has 0 N–H and O–H groups in total. The molecule has 2 atom stereocenters. The van der Waals surface area contributed by atoms with Gasteiger partial charge in [-0.2, -0.15) is 0 Å². The molecule has 1 aromatic heterocycles. The van der Waals surface area contributed by atoms with Crippen LogP contribution in [0.15, 0.2) is 18.2 Å². The number of aromatic nitrogens is 2. The molecule has 0 amide bonds. The van der Waals surface area contributed by atoms with Gasteiger partial charge in [0, 0.05) is 18.3 Å². The van der Waals surface area contributed by atoms with E-state index in [0.29, 0.717) is 11.9 Å². The number of alkyl halides is 1. The first-order chi connectivity index (χ1) is 9.72. The Morgan fingerprint density at radius 2 is 2.10 bits per heavy atom. The van der Waals surface area contributed by atoms with E-state index in [1.807, 2.05) is 0 Å². The second-order valence-electron chi connectivity index (χ2n) is 6.11. The van der Waals surface area contributed by atoms with Crippen molar-refractivity contribution in [3.8, 4) is 0 Å². The number of imidazole rings is 1. The standard InChI is InChI=1S/C17H23ClN2/c1-12-6-3-4-8-14(12)20-15-9-5-7-13(2)17(15)19-16(20)10-11-18/h5,7,9,12,14H,3-4,6,8,10-11H2,1-2H3. The molecule has 2 nitrogen and oxygen atoms in total. The first-order valence-corrected chi connectivity index (χ1v) is 8.28. The van der Waals surface area contributed by atoms with Crippen LogP contribution in [0.2, 0.25) is 0 Å². The molecule has 3 heteroatoms. The van der Waals surface area contributed by atoms with Gasteiger partial charge >= 0.3 is 0 Å². The zero-order chi connectivity index (χ0) is 14.1. The van der Waals surface area contributed by atoms with E-state index < -0.39 is 0 Å². The van der Waals surface area contributed by atoms with E-state index in [1.54, 1.807) is 0 Å². The van der Waals surface area contributed by atoms with Crippen LogP contribution in [-0.4, -0.2) is 15.4 Å². The maximum atomic E-state index is 6.00. The molecule has 3 rings (SSSR count). The van der Waals surface area contributed by atoms with Crippen molar-refractivity contribution in [3.05, 3.63) is 29.6 Å². The molecule has 0 radical (unpaired) electrons. The summed E-state index contributed by atoms with van der Waals surface area (Å²) in [6, 6.07) is 7.10. The lowest BCUT2D eigenvalue weighted by Crippen LogP contribution is -2.23. The van der Waals surface area contributed by atoms with Crippen molar-refractivity contribution in [1.82, 2.24) is 9.55 Å². The summed E-state index contributed by atoms with van der Waals surface area (Å²) in [6.07, 6.45) is 6.17. The van der Waals surface area contributed by atoms with Gasteiger partial charge in [0.25, 0.3) is 0 Å². The molecule has 20 heavy (non-hydrogen) atoms.